The van der Waals surface area contributed by atoms with E-state index in [9.17, 15) is 0 Å². The number of benzene rings is 8. The van der Waals surface area contributed by atoms with E-state index < -0.39 is 5.41 Å². The van der Waals surface area contributed by atoms with E-state index >= 15 is 0 Å². The van der Waals surface area contributed by atoms with E-state index in [-0.39, 0.29) is 0 Å². The third kappa shape index (κ3) is 7.72. The van der Waals surface area contributed by atoms with Gasteiger partial charge >= 0.3 is 0 Å². The van der Waals surface area contributed by atoms with Crippen LogP contribution in [0.3, 0.4) is 0 Å². The minimum atomic E-state index is -0.428. The van der Waals surface area contributed by atoms with Crippen molar-refractivity contribution >= 4 is 73.9 Å². The molecule has 1 unspecified atom stereocenters. The number of hydrogen-bond donors (Lipinski definition) is 0. The van der Waals surface area contributed by atoms with E-state index in [1.807, 2.05) is 13.8 Å². The molecule has 3 heteroatoms. The summed E-state index contributed by atoms with van der Waals surface area (Å²) >= 11 is 0. The fourth-order valence-corrected chi connectivity index (χ4v) is 11.7. The molecule has 0 fully saturated rings. The molecule has 71 heavy (non-hydrogen) atoms. The smallest absolute Gasteiger partial charge is 0.0719 e. The second-order valence-corrected chi connectivity index (χ2v) is 18.5. The van der Waals surface area contributed by atoms with Gasteiger partial charge in [-0.05, 0) is 185 Å². The maximum atomic E-state index is 4.00. The number of rotatable bonds is 7. The van der Waals surface area contributed by atoms with Gasteiger partial charge in [0.15, 0.2) is 0 Å². The Hall–Kier alpha value is -8.32. The maximum absolute atomic E-state index is 4.00. The lowest BCUT2D eigenvalue weighted by molar-refractivity contribution is 0.737. The molecule has 348 valence electrons. The monoisotopic (exact) mass is 919 g/mol. The lowest BCUT2D eigenvalue weighted by Gasteiger charge is -2.40. The first-order valence-electron chi connectivity index (χ1n) is 25.2. The van der Waals surface area contributed by atoms with Gasteiger partial charge in [-0.15, -0.1) is 12.8 Å². The van der Waals surface area contributed by atoms with Gasteiger partial charge in [0.25, 0.3) is 0 Å². The van der Waals surface area contributed by atoms with Gasteiger partial charge in [0.1, 0.15) is 0 Å². The highest BCUT2D eigenvalue weighted by Crippen LogP contribution is 2.62. The van der Waals surface area contributed by atoms with E-state index in [0.717, 1.165) is 53.5 Å². The van der Waals surface area contributed by atoms with E-state index in [0.29, 0.717) is 0 Å². The second kappa shape index (κ2) is 19.6. The number of allylic oxidation sites excluding steroid dienone is 8. The molecule has 1 atom stereocenters. The highest BCUT2D eigenvalue weighted by molar-refractivity contribution is 6.03. The van der Waals surface area contributed by atoms with E-state index in [1.54, 1.807) is 0 Å². The summed E-state index contributed by atoms with van der Waals surface area (Å²) in [5, 5.41) is 2.42. The summed E-state index contributed by atoms with van der Waals surface area (Å²) in [7, 11) is 0. The van der Waals surface area contributed by atoms with Crippen molar-refractivity contribution in [2.45, 2.75) is 59.8 Å². The summed E-state index contributed by atoms with van der Waals surface area (Å²) in [6, 6.07) is 67.1. The average molecular weight is 920 g/mol. The Balaban J connectivity index is 0.00000142. The fraction of sp³-hybridized carbons (Fsp3) is 0.147. The Bertz CT molecular complexity index is 3460. The first-order chi connectivity index (χ1) is 34.9. The molecule has 0 bridgehead atoms. The number of anilines is 7. The van der Waals surface area contributed by atoms with Crippen LogP contribution in [0.1, 0.15) is 86.9 Å². The maximum Gasteiger partial charge on any atom is 0.0719 e. The summed E-state index contributed by atoms with van der Waals surface area (Å²) in [5.74, 6) is 0. The molecule has 8 aromatic carbocycles. The Morgan fingerprint density at radius 1 is 0.507 bits per heavy atom. The zero-order chi connectivity index (χ0) is 49.2. The fourth-order valence-electron chi connectivity index (χ4n) is 11.7. The molecule has 2 heterocycles. The topological polar surface area (TPSA) is 9.72 Å². The normalized spacial score (nSPS) is 16.6. The predicted molar refractivity (Wildman–Crippen MR) is 307 cm³/mol. The molecule has 12 rings (SSSR count). The van der Waals surface area contributed by atoms with Crippen LogP contribution in [0, 0.1) is 12.8 Å². The van der Waals surface area contributed by atoms with Crippen molar-refractivity contribution < 1.29 is 0 Å². The summed E-state index contributed by atoms with van der Waals surface area (Å²) in [5.41, 5.74) is 23.8. The van der Waals surface area contributed by atoms with Crippen LogP contribution in [0.25, 0.3) is 34.1 Å². The average Bonchev–Trinajstić information content (AvgIpc) is 3.82. The molecule has 2 aliphatic heterocycles. The van der Waals surface area contributed by atoms with Crippen molar-refractivity contribution in [2.75, 3.05) is 21.2 Å². The molecule has 0 aromatic heterocycles. The van der Waals surface area contributed by atoms with Crippen LogP contribution in [-0.4, -0.2) is 6.54 Å². The van der Waals surface area contributed by atoms with Gasteiger partial charge in [0.2, 0.25) is 0 Å². The highest BCUT2D eigenvalue weighted by Gasteiger charge is 2.51. The molecule has 0 saturated carbocycles. The van der Waals surface area contributed by atoms with Crippen molar-refractivity contribution in [1.29, 1.82) is 0 Å². The first-order valence-corrected chi connectivity index (χ1v) is 25.2. The number of terminal acetylenes is 1. The summed E-state index contributed by atoms with van der Waals surface area (Å²) < 4.78 is 0. The molecule has 0 saturated heterocycles. The van der Waals surface area contributed by atoms with Crippen molar-refractivity contribution in [3.8, 4) is 12.8 Å². The Kier molecular flexibility index (Phi) is 12.8. The number of aryl methyl sites for hydroxylation is 1. The van der Waals surface area contributed by atoms with Gasteiger partial charge in [-0.2, -0.15) is 0 Å². The van der Waals surface area contributed by atoms with E-state index in [4.69, 9.17) is 0 Å². The third-order valence-electron chi connectivity index (χ3n) is 14.7. The van der Waals surface area contributed by atoms with E-state index in [1.165, 1.54) is 83.4 Å². The summed E-state index contributed by atoms with van der Waals surface area (Å²) in [6.45, 7) is 14.2. The Labute approximate surface area is 421 Å². The largest absolute Gasteiger partial charge is 0.345 e. The number of nitrogens with zero attached hydrogens (tertiary/aromatic N) is 3. The second-order valence-electron chi connectivity index (χ2n) is 18.5. The minimum Gasteiger partial charge on any atom is -0.345 e. The Morgan fingerprint density at radius 3 is 1.73 bits per heavy atom. The van der Waals surface area contributed by atoms with Crippen LogP contribution in [0.2, 0.25) is 0 Å². The third-order valence-corrected chi connectivity index (χ3v) is 14.7. The van der Waals surface area contributed by atoms with Crippen molar-refractivity contribution in [3.05, 3.63) is 256 Å². The lowest BCUT2D eigenvalue weighted by Crippen LogP contribution is -2.30. The SMILES string of the molecule is C#C.C/C=C\C1=C(C)c2ccccc2C12C(/C=C(\C)N1CCCc3ccccc31)=C(C)c1ccc(/C=C/c3ccc4cc(N5c6ccccc6N(c6ccccc6)c6ccccc65)ccc4c3)cc12.CC. The Morgan fingerprint density at radius 2 is 1.04 bits per heavy atom. The number of fused-ring (bicyclic) bond motifs is 8. The molecule has 0 amide bonds. The van der Waals surface area contributed by atoms with Crippen LogP contribution in [-0.2, 0) is 11.8 Å². The molecule has 3 nitrogen and oxygen atoms in total. The van der Waals surface area contributed by atoms with Crippen LogP contribution in [0.5, 0.6) is 0 Å². The molecule has 0 N–H and O–H groups in total. The zero-order valence-electron chi connectivity index (χ0n) is 41.8. The van der Waals surface area contributed by atoms with Crippen molar-refractivity contribution in [1.82, 2.24) is 0 Å². The highest BCUT2D eigenvalue weighted by atomic mass is 15.3. The summed E-state index contributed by atoms with van der Waals surface area (Å²) in [6.07, 6.45) is 22.0. The van der Waals surface area contributed by atoms with Crippen molar-refractivity contribution in [3.63, 3.8) is 0 Å². The molecule has 0 radical (unpaired) electrons. The molecular formula is C68H61N3. The first kappa shape index (κ1) is 46.4. The van der Waals surface area contributed by atoms with Gasteiger partial charge in [-0.1, -0.05) is 153 Å². The van der Waals surface area contributed by atoms with E-state index in [2.05, 4.69) is 268 Å². The molecule has 1 spiro atoms. The summed E-state index contributed by atoms with van der Waals surface area (Å²) in [4.78, 5) is 7.33. The van der Waals surface area contributed by atoms with Gasteiger partial charge in [0.05, 0.1) is 28.2 Å². The molecule has 2 aliphatic carbocycles. The zero-order valence-corrected chi connectivity index (χ0v) is 41.8. The van der Waals surface area contributed by atoms with Gasteiger partial charge < -0.3 is 14.7 Å². The predicted octanol–water partition coefficient (Wildman–Crippen LogP) is 18.3. The lowest BCUT2D eigenvalue weighted by atomic mass is 9.68. The van der Waals surface area contributed by atoms with Crippen LogP contribution >= 0.6 is 0 Å². The van der Waals surface area contributed by atoms with Crippen LogP contribution < -0.4 is 14.7 Å². The quantitative estimate of drug-likeness (QED) is 0.116. The number of para-hydroxylation sites is 6. The van der Waals surface area contributed by atoms with Gasteiger partial charge in [-0.25, -0.2) is 0 Å². The van der Waals surface area contributed by atoms with Crippen LogP contribution in [0.4, 0.5) is 39.8 Å². The number of hydrogen-bond acceptors (Lipinski definition) is 3. The van der Waals surface area contributed by atoms with Gasteiger partial charge in [0, 0.05) is 29.3 Å². The van der Waals surface area contributed by atoms with Gasteiger partial charge in [-0.3, -0.25) is 0 Å². The van der Waals surface area contributed by atoms with Crippen molar-refractivity contribution in [2.24, 2.45) is 0 Å². The molecular weight excluding hydrogens is 859 g/mol. The molecule has 8 aromatic rings. The van der Waals surface area contributed by atoms with Crippen LogP contribution in [0.15, 0.2) is 217 Å². The molecule has 4 aliphatic rings. The standard InChI is InChI=1S/C64H53N3.C2H6.C2H2/c1-5-18-55-44(3)53-23-10-11-24-56(53)64(55)57(39-43(2)65-38-17-20-48-19-9-12-25-59(48)65)45(4)54-37-33-47(41-58(54)64)31-30-46-32-34-50-42-52(36-35-49(50)40-46)67-62-28-15-13-26-60(62)66(51-21-7-6-8-22-51)61-27-14-16-29-63(61)67;2*1-2/h5-16,18-19,21-37,39-42H,17,20,38H2,1-4H3;1-2H3;1-2H/b18-5-,31-30+,43-39+;;. The minimum absolute atomic E-state index is 0.428.